The number of nitrogens with zero attached hydrogens (tertiary/aromatic N) is 2. The molecule has 23 heavy (non-hydrogen) atoms. The molecule has 1 atom stereocenters. The van der Waals surface area contributed by atoms with E-state index < -0.39 is 0 Å². The first kappa shape index (κ1) is 15.7. The van der Waals surface area contributed by atoms with Crippen LogP contribution in [0.25, 0.3) is 10.2 Å². The summed E-state index contributed by atoms with van der Waals surface area (Å²) in [4.78, 5) is 14.1. The fourth-order valence-electron chi connectivity index (χ4n) is 2.49. The van der Waals surface area contributed by atoms with Gasteiger partial charge in [0.25, 0.3) is 5.91 Å². The molecule has 1 amide bonds. The van der Waals surface area contributed by atoms with Crippen LogP contribution in [-0.4, -0.2) is 21.7 Å². The largest absolute Gasteiger partial charge is 0.349 e. The minimum Gasteiger partial charge on any atom is -0.349 e. The highest BCUT2D eigenvalue weighted by Crippen LogP contribution is 2.29. The van der Waals surface area contributed by atoms with Crippen molar-refractivity contribution < 1.29 is 4.79 Å². The summed E-state index contributed by atoms with van der Waals surface area (Å²) in [6.45, 7) is 6.80. The maximum atomic E-state index is 12.3. The van der Waals surface area contributed by atoms with Crippen molar-refractivity contribution in [2.45, 2.75) is 39.8 Å². The highest BCUT2D eigenvalue weighted by Gasteiger charge is 2.17. The molecule has 5 heteroatoms. The van der Waals surface area contributed by atoms with Gasteiger partial charge in [-0.2, -0.15) is 5.10 Å². The number of carbonyl (C=O) groups is 1. The summed E-state index contributed by atoms with van der Waals surface area (Å²) in [6.07, 6.45) is 0.928. The Morgan fingerprint density at radius 1 is 1.35 bits per heavy atom. The number of fused-ring (bicyclic) bond motifs is 1. The smallest absolute Gasteiger partial charge is 0.261 e. The van der Waals surface area contributed by atoms with Crippen molar-refractivity contribution in [1.82, 2.24) is 15.1 Å². The Morgan fingerprint density at radius 3 is 2.78 bits per heavy atom. The van der Waals surface area contributed by atoms with Crippen LogP contribution >= 0.6 is 11.3 Å². The molecule has 2 aromatic heterocycles. The van der Waals surface area contributed by atoms with Crippen LogP contribution in [0.2, 0.25) is 0 Å². The van der Waals surface area contributed by atoms with Crippen molar-refractivity contribution in [2.75, 3.05) is 0 Å². The normalized spacial score (nSPS) is 12.5. The monoisotopic (exact) mass is 327 g/mol. The van der Waals surface area contributed by atoms with Gasteiger partial charge in [-0.25, -0.2) is 0 Å². The molecule has 3 rings (SSSR count). The molecule has 0 fully saturated rings. The number of rotatable bonds is 5. The Hall–Kier alpha value is -2.14. The van der Waals surface area contributed by atoms with E-state index in [1.165, 1.54) is 16.9 Å². The van der Waals surface area contributed by atoms with Gasteiger partial charge >= 0.3 is 0 Å². The van der Waals surface area contributed by atoms with E-state index in [4.69, 9.17) is 0 Å². The van der Waals surface area contributed by atoms with E-state index in [1.807, 2.05) is 42.8 Å². The van der Waals surface area contributed by atoms with Gasteiger partial charge in [-0.05, 0) is 31.9 Å². The molecule has 3 aromatic rings. The fraction of sp³-hybridized carbons (Fsp3) is 0.333. The van der Waals surface area contributed by atoms with Crippen LogP contribution in [0.3, 0.4) is 0 Å². The van der Waals surface area contributed by atoms with E-state index in [0.717, 1.165) is 33.8 Å². The molecule has 0 unspecified atom stereocenters. The van der Waals surface area contributed by atoms with Crippen LogP contribution in [0.15, 0.2) is 36.4 Å². The Bertz CT molecular complexity index is 820. The van der Waals surface area contributed by atoms with Crippen molar-refractivity contribution in [3.8, 4) is 0 Å². The van der Waals surface area contributed by atoms with Gasteiger partial charge in [0.05, 0.1) is 17.1 Å². The molecule has 0 aliphatic rings. The fourth-order valence-corrected chi connectivity index (χ4v) is 3.55. The minimum absolute atomic E-state index is 0.00575. The molecule has 1 N–H and O–H groups in total. The van der Waals surface area contributed by atoms with Crippen molar-refractivity contribution >= 4 is 27.5 Å². The molecule has 0 radical (unpaired) electrons. The van der Waals surface area contributed by atoms with Crippen LogP contribution in [0.5, 0.6) is 0 Å². The molecule has 0 spiro atoms. The van der Waals surface area contributed by atoms with E-state index in [2.05, 4.69) is 29.5 Å². The second kappa shape index (κ2) is 6.54. The first-order valence-corrected chi connectivity index (χ1v) is 8.72. The third kappa shape index (κ3) is 3.29. The zero-order valence-corrected chi connectivity index (χ0v) is 14.5. The molecule has 0 aliphatic heterocycles. The lowest BCUT2D eigenvalue weighted by molar-refractivity contribution is 0.0943. The average molecular weight is 327 g/mol. The van der Waals surface area contributed by atoms with Crippen molar-refractivity contribution in [1.29, 1.82) is 0 Å². The predicted octanol–water partition coefficient (Wildman–Crippen LogP) is 3.98. The lowest BCUT2D eigenvalue weighted by Crippen LogP contribution is -2.31. The number of amides is 1. The first-order valence-electron chi connectivity index (χ1n) is 7.90. The summed E-state index contributed by atoms with van der Waals surface area (Å²) < 4.78 is 1.99. The van der Waals surface area contributed by atoms with Crippen molar-refractivity contribution in [3.63, 3.8) is 0 Å². The number of aryl methyl sites for hydroxylation is 1. The second-order valence-corrected chi connectivity index (χ2v) is 6.87. The van der Waals surface area contributed by atoms with Gasteiger partial charge in [0, 0.05) is 11.4 Å². The molecule has 0 bridgehead atoms. The quantitative estimate of drug-likeness (QED) is 0.770. The van der Waals surface area contributed by atoms with E-state index in [-0.39, 0.29) is 11.9 Å². The standard InChI is InChI=1S/C18H21N3OS/c1-4-12(2)19-17(22)16-10-15-13(3)20-21(18(15)23-16)11-14-8-6-5-7-9-14/h5-10,12H,4,11H2,1-3H3,(H,19,22)/t12-/m1/s1. The van der Waals surface area contributed by atoms with Gasteiger partial charge in [-0.15, -0.1) is 11.3 Å². The number of thiophene rings is 1. The molecular weight excluding hydrogens is 306 g/mol. The SMILES string of the molecule is CC[C@@H](C)NC(=O)c1cc2c(C)nn(Cc3ccccc3)c2s1. The zero-order chi connectivity index (χ0) is 16.4. The van der Waals surface area contributed by atoms with Crippen LogP contribution in [0.4, 0.5) is 0 Å². The van der Waals surface area contributed by atoms with Gasteiger partial charge < -0.3 is 5.32 Å². The van der Waals surface area contributed by atoms with Gasteiger partial charge in [0.15, 0.2) is 0 Å². The summed E-state index contributed by atoms with van der Waals surface area (Å²) in [5.74, 6) is 0.00575. The topological polar surface area (TPSA) is 46.9 Å². The summed E-state index contributed by atoms with van der Waals surface area (Å²) >= 11 is 1.51. The number of carbonyl (C=O) groups excluding carboxylic acids is 1. The lowest BCUT2D eigenvalue weighted by Gasteiger charge is -2.09. The molecule has 0 saturated heterocycles. The molecule has 120 valence electrons. The van der Waals surface area contributed by atoms with Crippen LogP contribution < -0.4 is 5.32 Å². The van der Waals surface area contributed by atoms with Gasteiger partial charge in [-0.1, -0.05) is 37.3 Å². The number of nitrogens with one attached hydrogen (secondary N) is 1. The summed E-state index contributed by atoms with van der Waals surface area (Å²) in [7, 11) is 0. The number of aromatic nitrogens is 2. The van der Waals surface area contributed by atoms with Crippen LogP contribution in [0.1, 0.15) is 41.2 Å². The molecule has 2 heterocycles. The Morgan fingerprint density at radius 2 is 2.09 bits per heavy atom. The predicted molar refractivity (Wildman–Crippen MR) is 95.1 cm³/mol. The summed E-state index contributed by atoms with van der Waals surface area (Å²) in [5, 5.41) is 8.71. The minimum atomic E-state index is 0.00575. The highest BCUT2D eigenvalue weighted by atomic mass is 32.1. The van der Waals surface area contributed by atoms with E-state index in [0.29, 0.717) is 0 Å². The van der Waals surface area contributed by atoms with Gasteiger partial charge in [-0.3, -0.25) is 9.48 Å². The third-order valence-corrected chi connectivity index (χ3v) is 5.14. The molecule has 1 aromatic carbocycles. The first-order chi connectivity index (χ1) is 11.1. The zero-order valence-electron chi connectivity index (χ0n) is 13.7. The Labute approximate surface area is 140 Å². The van der Waals surface area contributed by atoms with Crippen LogP contribution in [0, 0.1) is 6.92 Å². The van der Waals surface area contributed by atoms with E-state index in [1.54, 1.807) is 0 Å². The summed E-state index contributed by atoms with van der Waals surface area (Å²) in [5.41, 5.74) is 2.17. The van der Waals surface area contributed by atoms with Crippen molar-refractivity contribution in [3.05, 3.63) is 52.5 Å². The van der Waals surface area contributed by atoms with E-state index in [9.17, 15) is 4.79 Å². The Balaban J connectivity index is 1.91. The molecule has 0 aliphatic carbocycles. The highest BCUT2D eigenvalue weighted by molar-refractivity contribution is 7.20. The van der Waals surface area contributed by atoms with Gasteiger partial charge in [0.1, 0.15) is 4.83 Å². The maximum absolute atomic E-state index is 12.3. The second-order valence-electron chi connectivity index (χ2n) is 5.84. The number of hydrogen-bond acceptors (Lipinski definition) is 3. The van der Waals surface area contributed by atoms with E-state index >= 15 is 0 Å². The maximum Gasteiger partial charge on any atom is 0.261 e. The molecular formula is C18H21N3OS. The molecule has 4 nitrogen and oxygen atoms in total. The number of hydrogen-bond donors (Lipinski definition) is 1. The van der Waals surface area contributed by atoms with Gasteiger partial charge in [0.2, 0.25) is 0 Å². The Kier molecular flexibility index (Phi) is 4.48. The lowest BCUT2D eigenvalue weighted by atomic mass is 10.2. The number of benzene rings is 1. The molecule has 0 saturated carbocycles. The summed E-state index contributed by atoms with van der Waals surface area (Å²) in [6, 6.07) is 12.4. The third-order valence-electron chi connectivity index (χ3n) is 4.00. The van der Waals surface area contributed by atoms with Crippen molar-refractivity contribution in [2.24, 2.45) is 0 Å². The average Bonchev–Trinajstić information content (AvgIpc) is 3.10. The van der Waals surface area contributed by atoms with Crippen LogP contribution in [-0.2, 0) is 6.54 Å².